The average molecular weight is 273 g/mol. The molecule has 1 unspecified atom stereocenters. The van der Waals surface area contributed by atoms with Crippen molar-refractivity contribution in [2.24, 2.45) is 0 Å². The Labute approximate surface area is 120 Å². The Bertz CT molecular complexity index is 569. The lowest BCUT2D eigenvalue weighted by Crippen LogP contribution is -2.19. The van der Waals surface area contributed by atoms with Gasteiger partial charge in [-0.05, 0) is 19.4 Å². The van der Waals surface area contributed by atoms with Gasteiger partial charge < -0.3 is 9.84 Å². The largest absolute Gasteiger partial charge is 0.338 e. The monoisotopic (exact) mass is 273 g/mol. The molecule has 1 atom stereocenters. The zero-order valence-corrected chi connectivity index (χ0v) is 12.9. The summed E-state index contributed by atoms with van der Waals surface area (Å²) in [6, 6.07) is 8.50. The molecule has 0 saturated carbocycles. The molecule has 0 aliphatic carbocycles. The minimum Gasteiger partial charge on any atom is -0.338 e. The lowest BCUT2D eigenvalue weighted by Gasteiger charge is -2.12. The molecule has 0 fully saturated rings. The van der Waals surface area contributed by atoms with Gasteiger partial charge in [-0.2, -0.15) is 4.98 Å². The second-order valence-electron chi connectivity index (χ2n) is 6.30. The predicted molar refractivity (Wildman–Crippen MR) is 79.4 cm³/mol. The number of hydrogen-bond donors (Lipinski definition) is 1. The first kappa shape index (κ1) is 14.7. The molecule has 4 heteroatoms. The van der Waals surface area contributed by atoms with E-state index in [1.54, 1.807) is 0 Å². The minimum atomic E-state index is -0.0853. The number of benzene rings is 1. The van der Waals surface area contributed by atoms with Crippen LogP contribution in [-0.4, -0.2) is 10.1 Å². The first-order valence-electron chi connectivity index (χ1n) is 6.99. The van der Waals surface area contributed by atoms with E-state index in [-0.39, 0.29) is 11.5 Å². The molecular formula is C16H23N3O. The summed E-state index contributed by atoms with van der Waals surface area (Å²) in [6.07, 6.45) is 0. The highest BCUT2D eigenvalue weighted by atomic mass is 16.5. The lowest BCUT2D eigenvalue weighted by molar-refractivity contribution is 0.330. The Hall–Kier alpha value is -1.68. The highest BCUT2D eigenvalue weighted by molar-refractivity contribution is 5.22. The van der Waals surface area contributed by atoms with Gasteiger partial charge in [-0.15, -0.1) is 0 Å². The van der Waals surface area contributed by atoms with Crippen LogP contribution >= 0.6 is 0 Å². The third kappa shape index (κ3) is 3.67. The number of rotatable bonds is 4. The van der Waals surface area contributed by atoms with E-state index >= 15 is 0 Å². The minimum absolute atomic E-state index is 0.0408. The van der Waals surface area contributed by atoms with Gasteiger partial charge in [-0.25, -0.2) is 0 Å². The van der Waals surface area contributed by atoms with E-state index in [0.717, 1.165) is 12.4 Å². The summed E-state index contributed by atoms with van der Waals surface area (Å²) in [4.78, 5) is 4.47. The Morgan fingerprint density at radius 3 is 2.65 bits per heavy atom. The summed E-state index contributed by atoms with van der Waals surface area (Å²) >= 11 is 0. The second-order valence-corrected chi connectivity index (χ2v) is 6.30. The molecule has 1 heterocycles. The van der Waals surface area contributed by atoms with Crippen molar-refractivity contribution in [3.63, 3.8) is 0 Å². The quantitative estimate of drug-likeness (QED) is 0.926. The van der Waals surface area contributed by atoms with Gasteiger partial charge in [0.2, 0.25) is 5.89 Å². The van der Waals surface area contributed by atoms with Crippen LogP contribution in [0.25, 0.3) is 0 Å². The van der Waals surface area contributed by atoms with Gasteiger partial charge in [0, 0.05) is 12.0 Å². The van der Waals surface area contributed by atoms with Gasteiger partial charge in [0.15, 0.2) is 5.82 Å². The molecule has 20 heavy (non-hydrogen) atoms. The number of nitrogens with zero attached hydrogens (tertiary/aromatic N) is 2. The highest BCUT2D eigenvalue weighted by Crippen LogP contribution is 2.20. The molecule has 0 amide bonds. The van der Waals surface area contributed by atoms with Crippen LogP contribution in [0, 0.1) is 6.92 Å². The van der Waals surface area contributed by atoms with E-state index in [1.807, 2.05) is 6.92 Å². The zero-order valence-electron chi connectivity index (χ0n) is 12.9. The third-order valence-corrected chi connectivity index (χ3v) is 3.18. The van der Waals surface area contributed by atoms with Crippen LogP contribution in [-0.2, 0) is 12.0 Å². The van der Waals surface area contributed by atoms with Gasteiger partial charge >= 0.3 is 0 Å². The molecule has 0 saturated heterocycles. The standard InChI is InChI=1S/C16H23N3O/c1-11-7-6-8-13(9-11)10-17-12(2)14-18-15(19-20-14)16(3,4)5/h6-9,12,17H,10H2,1-5H3. The first-order valence-corrected chi connectivity index (χ1v) is 6.99. The number of aromatic nitrogens is 2. The Morgan fingerprint density at radius 2 is 2.05 bits per heavy atom. The summed E-state index contributed by atoms with van der Waals surface area (Å²) in [7, 11) is 0. The molecule has 0 spiro atoms. The van der Waals surface area contributed by atoms with Crippen molar-refractivity contribution in [1.29, 1.82) is 0 Å². The highest BCUT2D eigenvalue weighted by Gasteiger charge is 2.22. The molecule has 2 aromatic rings. The van der Waals surface area contributed by atoms with E-state index in [4.69, 9.17) is 4.52 Å². The molecule has 4 nitrogen and oxygen atoms in total. The molecule has 0 bridgehead atoms. The van der Waals surface area contributed by atoms with Gasteiger partial charge in [0.05, 0.1) is 6.04 Å². The van der Waals surface area contributed by atoms with Crippen molar-refractivity contribution in [3.8, 4) is 0 Å². The van der Waals surface area contributed by atoms with Crippen LogP contribution < -0.4 is 5.32 Å². The van der Waals surface area contributed by atoms with Crippen LogP contribution in [0.4, 0.5) is 0 Å². The molecule has 0 aliphatic rings. The molecule has 108 valence electrons. The Kier molecular flexibility index (Phi) is 4.23. The smallest absolute Gasteiger partial charge is 0.243 e. The summed E-state index contributed by atoms with van der Waals surface area (Å²) in [5, 5.41) is 7.46. The Morgan fingerprint density at radius 1 is 1.30 bits per heavy atom. The van der Waals surface area contributed by atoms with Gasteiger partial charge in [-0.1, -0.05) is 55.8 Å². The topological polar surface area (TPSA) is 51.0 Å². The normalized spacial score (nSPS) is 13.4. The van der Waals surface area contributed by atoms with Crippen molar-refractivity contribution >= 4 is 0 Å². The number of hydrogen-bond acceptors (Lipinski definition) is 4. The average Bonchev–Trinajstić information content (AvgIpc) is 2.85. The SMILES string of the molecule is Cc1cccc(CNC(C)c2nc(C(C)(C)C)no2)c1. The van der Waals surface area contributed by atoms with Crippen molar-refractivity contribution in [2.45, 2.75) is 52.6 Å². The van der Waals surface area contributed by atoms with Crippen molar-refractivity contribution < 1.29 is 4.52 Å². The van der Waals surface area contributed by atoms with Gasteiger partial charge in [-0.3, -0.25) is 0 Å². The summed E-state index contributed by atoms with van der Waals surface area (Å²) < 4.78 is 5.34. The Balaban J connectivity index is 1.98. The fraction of sp³-hybridized carbons (Fsp3) is 0.500. The van der Waals surface area contributed by atoms with E-state index in [2.05, 4.69) is 67.4 Å². The predicted octanol–water partition coefficient (Wildman–Crippen LogP) is 3.53. The number of aryl methyl sites for hydroxylation is 1. The first-order chi connectivity index (χ1) is 9.36. The van der Waals surface area contributed by atoms with Gasteiger partial charge in [0.25, 0.3) is 0 Å². The second kappa shape index (κ2) is 5.75. The van der Waals surface area contributed by atoms with Crippen molar-refractivity contribution in [3.05, 3.63) is 47.1 Å². The maximum Gasteiger partial charge on any atom is 0.243 e. The third-order valence-electron chi connectivity index (χ3n) is 3.18. The molecule has 0 radical (unpaired) electrons. The fourth-order valence-electron chi connectivity index (χ4n) is 1.90. The van der Waals surface area contributed by atoms with E-state index in [9.17, 15) is 0 Å². The van der Waals surface area contributed by atoms with Crippen molar-refractivity contribution in [2.75, 3.05) is 0 Å². The maximum absolute atomic E-state index is 5.34. The van der Waals surface area contributed by atoms with E-state index in [0.29, 0.717) is 5.89 Å². The van der Waals surface area contributed by atoms with E-state index in [1.165, 1.54) is 11.1 Å². The summed E-state index contributed by atoms with van der Waals surface area (Å²) in [5.41, 5.74) is 2.44. The molecular weight excluding hydrogens is 250 g/mol. The van der Waals surface area contributed by atoms with Gasteiger partial charge in [0.1, 0.15) is 0 Å². The summed E-state index contributed by atoms with van der Waals surface area (Å²) in [6.45, 7) is 11.2. The molecule has 1 aromatic carbocycles. The fourth-order valence-corrected chi connectivity index (χ4v) is 1.90. The van der Waals surface area contributed by atoms with Crippen LogP contribution in [0.3, 0.4) is 0 Å². The van der Waals surface area contributed by atoms with E-state index < -0.39 is 0 Å². The maximum atomic E-state index is 5.34. The van der Waals surface area contributed by atoms with Crippen LogP contribution in [0.5, 0.6) is 0 Å². The molecule has 1 aromatic heterocycles. The molecule has 2 rings (SSSR count). The molecule has 0 aliphatic heterocycles. The van der Waals surface area contributed by atoms with Crippen LogP contribution in [0.2, 0.25) is 0 Å². The lowest BCUT2D eigenvalue weighted by atomic mass is 9.96. The van der Waals surface area contributed by atoms with Crippen molar-refractivity contribution in [1.82, 2.24) is 15.5 Å². The zero-order chi connectivity index (χ0) is 14.8. The summed E-state index contributed by atoms with van der Waals surface area (Å²) in [5.74, 6) is 1.39. The molecule has 1 N–H and O–H groups in total. The number of nitrogens with one attached hydrogen (secondary N) is 1. The van der Waals surface area contributed by atoms with Crippen LogP contribution in [0.15, 0.2) is 28.8 Å². The van der Waals surface area contributed by atoms with Crippen LogP contribution in [0.1, 0.15) is 56.6 Å².